The second-order valence-electron chi connectivity index (χ2n) is 4.94. The van der Waals surface area contributed by atoms with Gasteiger partial charge in [0.25, 0.3) is 5.69 Å². The van der Waals surface area contributed by atoms with Gasteiger partial charge >= 0.3 is 0 Å². The third kappa shape index (κ3) is 3.44. The fraction of sp³-hybridized carbons (Fsp3) is 0. The zero-order valence-corrected chi connectivity index (χ0v) is 12.0. The fourth-order valence-electron chi connectivity index (χ4n) is 2.18. The topological polar surface area (TPSA) is 88.3 Å². The van der Waals surface area contributed by atoms with E-state index in [-0.39, 0.29) is 11.4 Å². The van der Waals surface area contributed by atoms with Crippen LogP contribution in [-0.2, 0) is 0 Å². The summed E-state index contributed by atoms with van der Waals surface area (Å²) >= 11 is 0. The van der Waals surface area contributed by atoms with Crippen molar-refractivity contribution in [1.29, 1.82) is 0 Å². The first-order chi connectivity index (χ1) is 11.1. The van der Waals surface area contributed by atoms with E-state index in [9.17, 15) is 15.2 Å². The van der Waals surface area contributed by atoms with Gasteiger partial charge in [0, 0.05) is 29.6 Å². The molecular weight excluding hydrogens is 294 g/mol. The van der Waals surface area contributed by atoms with E-state index in [0.29, 0.717) is 5.69 Å². The van der Waals surface area contributed by atoms with Crippen LogP contribution in [0.2, 0.25) is 0 Å². The van der Waals surface area contributed by atoms with Gasteiger partial charge in [-0.2, -0.15) is 0 Å². The SMILES string of the molecule is O=[N+]([O-])c1cccc(Nc2cncc(-c3ccc(O)cc3)c2)c1. The normalized spacial score (nSPS) is 10.3. The van der Waals surface area contributed by atoms with Crippen LogP contribution in [-0.4, -0.2) is 15.0 Å². The minimum absolute atomic E-state index is 0.0256. The molecule has 0 unspecified atom stereocenters. The molecule has 0 fully saturated rings. The summed E-state index contributed by atoms with van der Waals surface area (Å²) in [5, 5.41) is 23.3. The van der Waals surface area contributed by atoms with Crippen molar-refractivity contribution in [1.82, 2.24) is 4.98 Å². The van der Waals surface area contributed by atoms with E-state index < -0.39 is 4.92 Å². The predicted octanol–water partition coefficient (Wildman–Crippen LogP) is 4.11. The standard InChI is InChI=1S/C17H13N3O3/c21-17-6-4-12(5-7-17)13-8-15(11-18-10-13)19-14-2-1-3-16(9-14)20(22)23/h1-11,19,21H. The number of phenols is 1. The van der Waals surface area contributed by atoms with E-state index >= 15 is 0 Å². The molecule has 0 atom stereocenters. The molecule has 3 rings (SSSR count). The predicted molar refractivity (Wildman–Crippen MR) is 87.7 cm³/mol. The molecule has 3 aromatic rings. The Labute approximate surface area is 132 Å². The highest BCUT2D eigenvalue weighted by Gasteiger charge is 2.06. The van der Waals surface area contributed by atoms with Crippen LogP contribution in [0.1, 0.15) is 0 Å². The number of benzene rings is 2. The number of hydrogen-bond donors (Lipinski definition) is 2. The summed E-state index contributed by atoms with van der Waals surface area (Å²) in [5.41, 5.74) is 3.15. The van der Waals surface area contributed by atoms with Gasteiger partial charge in [-0.25, -0.2) is 0 Å². The van der Waals surface area contributed by atoms with Crippen molar-refractivity contribution in [3.8, 4) is 16.9 Å². The van der Waals surface area contributed by atoms with Gasteiger partial charge in [0.2, 0.25) is 0 Å². The van der Waals surface area contributed by atoms with E-state index in [1.54, 1.807) is 48.8 Å². The summed E-state index contributed by atoms with van der Waals surface area (Å²) in [5.74, 6) is 0.201. The molecule has 6 heteroatoms. The molecule has 1 heterocycles. The van der Waals surface area contributed by atoms with Gasteiger partial charge in [0.1, 0.15) is 5.75 Å². The molecular formula is C17H13N3O3. The van der Waals surface area contributed by atoms with Crippen molar-refractivity contribution in [2.45, 2.75) is 0 Å². The first-order valence-electron chi connectivity index (χ1n) is 6.88. The molecule has 1 aromatic heterocycles. The Hall–Kier alpha value is -3.41. The summed E-state index contributed by atoms with van der Waals surface area (Å²) in [7, 11) is 0. The molecule has 6 nitrogen and oxygen atoms in total. The largest absolute Gasteiger partial charge is 0.508 e. The molecule has 0 saturated heterocycles. The molecule has 0 saturated carbocycles. The Balaban J connectivity index is 1.87. The summed E-state index contributed by atoms with van der Waals surface area (Å²) in [4.78, 5) is 14.6. The number of nitro benzene ring substituents is 1. The molecule has 0 radical (unpaired) electrons. The molecule has 0 amide bonds. The number of nitrogens with one attached hydrogen (secondary N) is 1. The third-order valence-electron chi connectivity index (χ3n) is 3.28. The molecule has 0 aliphatic heterocycles. The van der Waals surface area contributed by atoms with Crippen LogP contribution in [0, 0.1) is 10.1 Å². The minimum atomic E-state index is -0.434. The van der Waals surface area contributed by atoms with E-state index in [0.717, 1.165) is 16.8 Å². The first kappa shape index (κ1) is 14.5. The zero-order chi connectivity index (χ0) is 16.2. The fourth-order valence-corrected chi connectivity index (χ4v) is 2.18. The Bertz CT molecular complexity index is 848. The average Bonchev–Trinajstić information content (AvgIpc) is 2.56. The molecule has 114 valence electrons. The van der Waals surface area contributed by atoms with Gasteiger partial charge < -0.3 is 10.4 Å². The van der Waals surface area contributed by atoms with E-state index in [4.69, 9.17) is 0 Å². The number of anilines is 2. The van der Waals surface area contributed by atoms with Gasteiger partial charge in [0.05, 0.1) is 16.8 Å². The van der Waals surface area contributed by atoms with Gasteiger partial charge in [0.15, 0.2) is 0 Å². The Morgan fingerprint density at radius 2 is 1.74 bits per heavy atom. The van der Waals surface area contributed by atoms with Gasteiger partial charge in [-0.1, -0.05) is 18.2 Å². The Kier molecular flexibility index (Phi) is 3.88. The van der Waals surface area contributed by atoms with Crippen molar-refractivity contribution >= 4 is 17.1 Å². The minimum Gasteiger partial charge on any atom is -0.508 e. The zero-order valence-electron chi connectivity index (χ0n) is 12.0. The maximum Gasteiger partial charge on any atom is 0.271 e. The number of rotatable bonds is 4. The van der Waals surface area contributed by atoms with Crippen LogP contribution in [0.5, 0.6) is 5.75 Å². The van der Waals surface area contributed by atoms with E-state index in [1.807, 2.05) is 6.07 Å². The second kappa shape index (κ2) is 6.15. The summed E-state index contributed by atoms with van der Waals surface area (Å²) < 4.78 is 0. The van der Waals surface area contributed by atoms with Crippen molar-refractivity contribution in [2.75, 3.05) is 5.32 Å². The number of nitro groups is 1. The molecule has 0 spiro atoms. The molecule has 0 aliphatic carbocycles. The van der Waals surface area contributed by atoms with Crippen molar-refractivity contribution in [3.63, 3.8) is 0 Å². The Morgan fingerprint density at radius 3 is 2.48 bits per heavy atom. The lowest BCUT2D eigenvalue weighted by Crippen LogP contribution is -1.94. The number of pyridine rings is 1. The van der Waals surface area contributed by atoms with Crippen LogP contribution in [0.3, 0.4) is 0 Å². The first-order valence-corrected chi connectivity index (χ1v) is 6.88. The number of aromatic hydroxyl groups is 1. The number of phenolic OH excluding ortho intramolecular Hbond substituents is 1. The summed E-state index contributed by atoms with van der Waals surface area (Å²) in [6.07, 6.45) is 3.35. The quantitative estimate of drug-likeness (QED) is 0.559. The van der Waals surface area contributed by atoms with Gasteiger partial charge in [-0.15, -0.1) is 0 Å². The number of hydrogen-bond acceptors (Lipinski definition) is 5. The lowest BCUT2D eigenvalue weighted by atomic mass is 10.1. The monoisotopic (exact) mass is 307 g/mol. The number of nitrogens with zero attached hydrogens (tertiary/aromatic N) is 2. The van der Waals surface area contributed by atoms with Gasteiger partial charge in [-0.3, -0.25) is 15.1 Å². The van der Waals surface area contributed by atoms with Crippen molar-refractivity contribution in [2.24, 2.45) is 0 Å². The maximum atomic E-state index is 10.8. The molecule has 2 aromatic carbocycles. The van der Waals surface area contributed by atoms with Crippen LogP contribution < -0.4 is 5.32 Å². The van der Waals surface area contributed by atoms with E-state index in [2.05, 4.69) is 10.3 Å². The molecule has 23 heavy (non-hydrogen) atoms. The number of aromatic nitrogens is 1. The highest BCUT2D eigenvalue weighted by atomic mass is 16.6. The van der Waals surface area contributed by atoms with Crippen molar-refractivity contribution in [3.05, 3.63) is 77.1 Å². The molecule has 2 N–H and O–H groups in total. The van der Waals surface area contributed by atoms with Crippen LogP contribution in [0.4, 0.5) is 17.1 Å². The van der Waals surface area contributed by atoms with Crippen LogP contribution in [0.15, 0.2) is 67.0 Å². The van der Waals surface area contributed by atoms with E-state index in [1.165, 1.54) is 12.1 Å². The molecule has 0 bridgehead atoms. The van der Waals surface area contributed by atoms with Crippen molar-refractivity contribution < 1.29 is 10.0 Å². The lowest BCUT2D eigenvalue weighted by molar-refractivity contribution is -0.384. The highest BCUT2D eigenvalue weighted by molar-refractivity contribution is 5.70. The molecule has 0 aliphatic rings. The lowest BCUT2D eigenvalue weighted by Gasteiger charge is -2.08. The Morgan fingerprint density at radius 1 is 0.957 bits per heavy atom. The third-order valence-corrected chi connectivity index (χ3v) is 3.28. The second-order valence-corrected chi connectivity index (χ2v) is 4.94. The summed E-state index contributed by atoms with van der Waals surface area (Å²) in [6.45, 7) is 0. The maximum absolute atomic E-state index is 10.8. The van der Waals surface area contributed by atoms with Gasteiger partial charge in [-0.05, 0) is 29.8 Å². The average molecular weight is 307 g/mol. The van der Waals surface area contributed by atoms with Crippen LogP contribution in [0.25, 0.3) is 11.1 Å². The summed E-state index contributed by atoms with van der Waals surface area (Å²) in [6, 6.07) is 15.0. The number of non-ortho nitro benzene ring substituents is 1. The smallest absolute Gasteiger partial charge is 0.271 e. The van der Waals surface area contributed by atoms with Crippen LogP contribution >= 0.6 is 0 Å². The highest BCUT2D eigenvalue weighted by Crippen LogP contribution is 2.26.